The predicted octanol–water partition coefficient (Wildman–Crippen LogP) is 4.48. The summed E-state index contributed by atoms with van der Waals surface area (Å²) in [4.78, 5) is 7.01. The lowest BCUT2D eigenvalue weighted by Crippen LogP contribution is -2.41. The van der Waals surface area contributed by atoms with Crippen LogP contribution < -0.4 is 5.32 Å². The van der Waals surface area contributed by atoms with Gasteiger partial charge in [-0.1, -0.05) is 18.5 Å². The van der Waals surface area contributed by atoms with Gasteiger partial charge in [0, 0.05) is 12.6 Å². The molecule has 1 aromatic heterocycles. The van der Waals surface area contributed by atoms with Crippen LogP contribution in [0, 0.1) is 5.92 Å². The average Bonchev–Trinajstić information content (AvgIpc) is 2.99. The monoisotopic (exact) mass is 323 g/mol. The first-order chi connectivity index (χ1) is 10.2. The fraction of sp³-hybridized carbons (Fsp3) is 0.562. The zero-order chi connectivity index (χ0) is 14.8. The van der Waals surface area contributed by atoms with E-state index in [-0.39, 0.29) is 0 Å². The van der Waals surface area contributed by atoms with Crippen molar-refractivity contribution in [2.24, 2.45) is 5.92 Å². The molecule has 2 heterocycles. The molecule has 0 spiro atoms. The number of benzene rings is 1. The number of nitrogens with zero attached hydrogens (tertiary/aromatic N) is 2. The minimum atomic E-state index is 0.407. The lowest BCUT2D eigenvalue weighted by Gasteiger charge is -2.35. The Balaban J connectivity index is 1.78. The fourth-order valence-electron chi connectivity index (χ4n) is 3.18. The predicted molar refractivity (Wildman–Crippen MR) is 92.6 cm³/mol. The van der Waals surface area contributed by atoms with Gasteiger partial charge in [-0.25, -0.2) is 4.98 Å². The van der Waals surface area contributed by atoms with Gasteiger partial charge in [-0.15, -0.1) is 11.3 Å². The molecular formula is C16H22ClN3S. The molecule has 2 aromatic rings. The van der Waals surface area contributed by atoms with Crippen LogP contribution in [0.5, 0.6) is 0 Å². The summed E-state index contributed by atoms with van der Waals surface area (Å²) in [6, 6.07) is 4.42. The van der Waals surface area contributed by atoms with Gasteiger partial charge < -0.3 is 10.2 Å². The summed E-state index contributed by atoms with van der Waals surface area (Å²) in [5.41, 5.74) is 3.88. The van der Waals surface area contributed by atoms with Gasteiger partial charge in [0.25, 0.3) is 0 Å². The quantitative estimate of drug-likeness (QED) is 0.899. The van der Waals surface area contributed by atoms with E-state index < -0.39 is 0 Å². The Kier molecular flexibility index (Phi) is 4.67. The van der Waals surface area contributed by atoms with Crippen LogP contribution >= 0.6 is 22.9 Å². The lowest BCUT2D eigenvalue weighted by atomic mass is 9.91. The Labute approximate surface area is 135 Å². The van der Waals surface area contributed by atoms with Gasteiger partial charge in [0.2, 0.25) is 0 Å². The van der Waals surface area contributed by atoms with Gasteiger partial charge >= 0.3 is 0 Å². The van der Waals surface area contributed by atoms with Crippen LogP contribution in [0.25, 0.3) is 10.2 Å². The van der Waals surface area contributed by atoms with E-state index in [0.717, 1.165) is 22.8 Å². The zero-order valence-electron chi connectivity index (χ0n) is 12.6. The highest BCUT2D eigenvalue weighted by atomic mass is 35.5. The fourth-order valence-corrected chi connectivity index (χ4v) is 4.07. The highest BCUT2D eigenvalue weighted by Gasteiger charge is 2.24. The summed E-state index contributed by atoms with van der Waals surface area (Å²) in [5, 5.41) is 4.41. The van der Waals surface area contributed by atoms with Crippen LogP contribution in [0.3, 0.4) is 0 Å². The van der Waals surface area contributed by atoms with E-state index in [1.165, 1.54) is 30.6 Å². The Hall–Kier alpha value is -0.840. The molecule has 0 aliphatic carbocycles. The standard InChI is InChI=1S/C16H22ClN3S/c1-3-20-8-4-5-12(9-20)11(2)19-15-13(17)6-7-14-16(15)18-10-21-14/h6-7,10-12,19H,3-5,8-9H2,1-2H3. The van der Waals surface area contributed by atoms with E-state index in [9.17, 15) is 0 Å². The largest absolute Gasteiger partial charge is 0.379 e. The molecule has 1 fully saturated rings. The molecule has 1 N–H and O–H groups in total. The second-order valence-corrected chi connectivity index (χ2v) is 7.14. The zero-order valence-corrected chi connectivity index (χ0v) is 14.2. The maximum Gasteiger partial charge on any atom is 0.106 e. The van der Waals surface area contributed by atoms with Crippen LogP contribution in [0.4, 0.5) is 5.69 Å². The van der Waals surface area contributed by atoms with Gasteiger partial charge in [0.15, 0.2) is 0 Å². The van der Waals surface area contributed by atoms with Crippen LogP contribution in [0.1, 0.15) is 26.7 Å². The number of thiazole rings is 1. The Morgan fingerprint density at radius 3 is 3.19 bits per heavy atom. The number of hydrogen-bond acceptors (Lipinski definition) is 4. The van der Waals surface area contributed by atoms with Crippen molar-refractivity contribution in [1.29, 1.82) is 0 Å². The highest BCUT2D eigenvalue weighted by Crippen LogP contribution is 2.34. The van der Waals surface area contributed by atoms with E-state index in [0.29, 0.717) is 12.0 Å². The van der Waals surface area contributed by atoms with Crippen LogP contribution in [-0.4, -0.2) is 35.6 Å². The number of likely N-dealkylation sites (tertiary alicyclic amines) is 1. The van der Waals surface area contributed by atoms with Crippen molar-refractivity contribution in [3.8, 4) is 0 Å². The smallest absolute Gasteiger partial charge is 0.106 e. The van der Waals surface area contributed by atoms with Gasteiger partial charge in [0.1, 0.15) is 5.52 Å². The maximum absolute atomic E-state index is 6.39. The van der Waals surface area contributed by atoms with Crippen molar-refractivity contribution in [3.05, 3.63) is 22.7 Å². The average molecular weight is 324 g/mol. The van der Waals surface area contributed by atoms with Crippen LogP contribution in [-0.2, 0) is 0 Å². The summed E-state index contributed by atoms with van der Waals surface area (Å²) < 4.78 is 1.19. The molecule has 114 valence electrons. The number of piperidine rings is 1. The van der Waals surface area contributed by atoms with E-state index >= 15 is 0 Å². The molecule has 2 unspecified atom stereocenters. The first kappa shape index (κ1) is 15.1. The SMILES string of the molecule is CCN1CCCC(C(C)Nc2c(Cl)ccc3scnc23)C1. The van der Waals surface area contributed by atoms with Crippen molar-refractivity contribution in [2.75, 3.05) is 25.0 Å². The number of hydrogen-bond donors (Lipinski definition) is 1. The molecule has 1 aromatic carbocycles. The molecular weight excluding hydrogens is 302 g/mol. The van der Waals surface area contributed by atoms with Crippen LogP contribution in [0.15, 0.2) is 17.6 Å². The van der Waals surface area contributed by atoms with Gasteiger partial charge in [-0.3, -0.25) is 0 Å². The molecule has 0 amide bonds. The first-order valence-corrected chi connectivity index (χ1v) is 8.95. The molecule has 1 saturated heterocycles. The summed E-state index contributed by atoms with van der Waals surface area (Å²) in [7, 11) is 0. The molecule has 3 nitrogen and oxygen atoms in total. The topological polar surface area (TPSA) is 28.2 Å². The second kappa shape index (κ2) is 6.51. The van der Waals surface area contributed by atoms with E-state index in [1.807, 2.05) is 17.6 Å². The Morgan fingerprint density at radius 1 is 1.52 bits per heavy atom. The number of nitrogens with one attached hydrogen (secondary N) is 1. The third kappa shape index (κ3) is 3.17. The molecule has 1 aliphatic rings. The maximum atomic E-state index is 6.39. The Morgan fingerprint density at radius 2 is 2.38 bits per heavy atom. The number of halogens is 1. The minimum absolute atomic E-state index is 0.407. The number of aromatic nitrogens is 1. The molecule has 0 saturated carbocycles. The molecule has 5 heteroatoms. The first-order valence-electron chi connectivity index (χ1n) is 7.69. The third-order valence-electron chi connectivity index (χ3n) is 4.52. The molecule has 21 heavy (non-hydrogen) atoms. The van der Waals surface area contributed by atoms with Crippen molar-refractivity contribution in [3.63, 3.8) is 0 Å². The number of anilines is 1. The van der Waals surface area contributed by atoms with Crippen LogP contribution in [0.2, 0.25) is 5.02 Å². The van der Waals surface area contributed by atoms with E-state index in [4.69, 9.17) is 11.6 Å². The third-order valence-corrected chi connectivity index (χ3v) is 5.63. The van der Waals surface area contributed by atoms with E-state index in [2.05, 4.69) is 29.0 Å². The second-order valence-electron chi connectivity index (χ2n) is 5.85. The summed E-state index contributed by atoms with van der Waals surface area (Å²) in [5.74, 6) is 0.670. The van der Waals surface area contributed by atoms with Crippen molar-refractivity contribution in [1.82, 2.24) is 9.88 Å². The lowest BCUT2D eigenvalue weighted by molar-refractivity contribution is 0.172. The van der Waals surface area contributed by atoms with Gasteiger partial charge in [0.05, 0.1) is 20.9 Å². The molecule has 0 bridgehead atoms. The summed E-state index contributed by atoms with van der Waals surface area (Å²) in [6.07, 6.45) is 2.58. The Bertz CT molecular complexity index is 613. The highest BCUT2D eigenvalue weighted by molar-refractivity contribution is 7.16. The summed E-state index contributed by atoms with van der Waals surface area (Å²) in [6.45, 7) is 8.07. The van der Waals surface area contributed by atoms with Gasteiger partial charge in [-0.05, 0) is 50.9 Å². The normalized spacial score (nSPS) is 21.6. The molecule has 2 atom stereocenters. The van der Waals surface area contributed by atoms with Crippen molar-refractivity contribution < 1.29 is 0 Å². The van der Waals surface area contributed by atoms with Gasteiger partial charge in [-0.2, -0.15) is 0 Å². The minimum Gasteiger partial charge on any atom is -0.379 e. The molecule has 3 rings (SSSR count). The summed E-state index contributed by atoms with van der Waals surface area (Å²) >= 11 is 8.05. The number of fused-ring (bicyclic) bond motifs is 1. The van der Waals surface area contributed by atoms with Crippen molar-refractivity contribution >= 4 is 38.8 Å². The molecule has 1 aliphatic heterocycles. The van der Waals surface area contributed by atoms with E-state index in [1.54, 1.807) is 11.3 Å². The molecule has 0 radical (unpaired) electrons. The number of rotatable bonds is 4. The van der Waals surface area contributed by atoms with Crippen molar-refractivity contribution in [2.45, 2.75) is 32.7 Å².